The van der Waals surface area contributed by atoms with Crippen LogP contribution in [0.15, 0.2) is 36.5 Å². The molecule has 18 heavy (non-hydrogen) atoms. The highest BCUT2D eigenvalue weighted by Gasteiger charge is 2.06. The van der Waals surface area contributed by atoms with Crippen molar-refractivity contribution in [2.75, 3.05) is 12.4 Å². The molecule has 0 aliphatic rings. The lowest BCUT2D eigenvalue weighted by Gasteiger charge is -2.07. The topological polar surface area (TPSA) is 47.0 Å². The van der Waals surface area contributed by atoms with Gasteiger partial charge in [-0.2, -0.15) is 8.78 Å². The number of halogens is 2. The lowest BCUT2D eigenvalue weighted by Crippen LogP contribution is -2.02. The SMILES string of the molecule is CNc1nccc(-c2cccc(OC(F)F)c2)n1. The predicted octanol–water partition coefficient (Wildman–Crippen LogP) is 2.79. The Labute approximate surface area is 103 Å². The third-order valence-electron chi connectivity index (χ3n) is 2.23. The molecule has 0 radical (unpaired) electrons. The van der Waals surface area contributed by atoms with Gasteiger partial charge in [0, 0.05) is 18.8 Å². The largest absolute Gasteiger partial charge is 0.435 e. The van der Waals surface area contributed by atoms with Gasteiger partial charge in [-0.25, -0.2) is 9.97 Å². The Kier molecular flexibility index (Phi) is 3.66. The van der Waals surface area contributed by atoms with E-state index in [4.69, 9.17) is 0 Å². The van der Waals surface area contributed by atoms with E-state index in [9.17, 15) is 8.78 Å². The van der Waals surface area contributed by atoms with Gasteiger partial charge in [0.05, 0.1) is 5.69 Å². The molecule has 0 amide bonds. The molecule has 0 aliphatic carbocycles. The number of nitrogens with zero attached hydrogens (tertiary/aromatic N) is 2. The second-order valence-electron chi connectivity index (χ2n) is 3.42. The molecule has 0 fully saturated rings. The van der Waals surface area contributed by atoms with Crippen LogP contribution in [0.5, 0.6) is 5.75 Å². The molecule has 0 atom stereocenters. The highest BCUT2D eigenvalue weighted by atomic mass is 19.3. The quantitative estimate of drug-likeness (QED) is 0.907. The van der Waals surface area contributed by atoms with Crippen molar-refractivity contribution in [2.24, 2.45) is 0 Å². The van der Waals surface area contributed by atoms with E-state index in [2.05, 4.69) is 20.0 Å². The number of alkyl halides is 2. The summed E-state index contributed by atoms with van der Waals surface area (Å²) in [7, 11) is 1.70. The average molecular weight is 251 g/mol. The Morgan fingerprint density at radius 3 is 2.83 bits per heavy atom. The van der Waals surface area contributed by atoms with Crippen molar-refractivity contribution in [3.05, 3.63) is 36.5 Å². The van der Waals surface area contributed by atoms with Gasteiger partial charge in [-0.15, -0.1) is 0 Å². The number of hydrogen-bond donors (Lipinski definition) is 1. The average Bonchev–Trinajstić information content (AvgIpc) is 2.38. The van der Waals surface area contributed by atoms with Crippen LogP contribution in [0.1, 0.15) is 0 Å². The van der Waals surface area contributed by atoms with Crippen LogP contribution >= 0.6 is 0 Å². The molecule has 0 aliphatic heterocycles. The van der Waals surface area contributed by atoms with Gasteiger partial charge in [0.25, 0.3) is 0 Å². The summed E-state index contributed by atoms with van der Waals surface area (Å²) in [5.41, 5.74) is 1.32. The van der Waals surface area contributed by atoms with E-state index in [1.54, 1.807) is 31.4 Å². The van der Waals surface area contributed by atoms with E-state index < -0.39 is 6.61 Å². The van der Waals surface area contributed by atoms with Crippen molar-refractivity contribution < 1.29 is 13.5 Å². The Balaban J connectivity index is 2.32. The summed E-state index contributed by atoms with van der Waals surface area (Å²) < 4.78 is 28.6. The maximum absolute atomic E-state index is 12.1. The van der Waals surface area contributed by atoms with Gasteiger partial charge in [0.2, 0.25) is 5.95 Å². The van der Waals surface area contributed by atoms with Crippen LogP contribution in [-0.4, -0.2) is 23.6 Å². The summed E-state index contributed by atoms with van der Waals surface area (Å²) in [6, 6.07) is 8.07. The van der Waals surface area contributed by atoms with Gasteiger partial charge >= 0.3 is 6.61 Å². The lowest BCUT2D eigenvalue weighted by atomic mass is 10.1. The normalized spacial score (nSPS) is 10.4. The standard InChI is InChI=1S/C12H11F2N3O/c1-15-12-16-6-5-10(17-12)8-3-2-4-9(7-8)18-11(13)14/h2-7,11H,1H3,(H,15,16,17). The lowest BCUT2D eigenvalue weighted by molar-refractivity contribution is -0.0498. The molecule has 2 rings (SSSR count). The Morgan fingerprint density at radius 2 is 2.11 bits per heavy atom. The van der Waals surface area contributed by atoms with Crippen LogP contribution in [0.25, 0.3) is 11.3 Å². The van der Waals surface area contributed by atoms with Crippen molar-refractivity contribution in [2.45, 2.75) is 6.61 Å². The minimum absolute atomic E-state index is 0.104. The number of rotatable bonds is 4. The van der Waals surface area contributed by atoms with E-state index in [-0.39, 0.29) is 5.75 Å². The number of nitrogens with one attached hydrogen (secondary N) is 1. The van der Waals surface area contributed by atoms with Crippen molar-refractivity contribution in [3.8, 4) is 17.0 Å². The van der Waals surface area contributed by atoms with Crippen molar-refractivity contribution in [3.63, 3.8) is 0 Å². The van der Waals surface area contributed by atoms with Crippen molar-refractivity contribution in [1.29, 1.82) is 0 Å². The number of ether oxygens (including phenoxy) is 1. The van der Waals surface area contributed by atoms with Gasteiger partial charge < -0.3 is 10.1 Å². The predicted molar refractivity (Wildman–Crippen MR) is 63.6 cm³/mol. The Morgan fingerprint density at radius 1 is 1.28 bits per heavy atom. The third kappa shape index (κ3) is 2.91. The van der Waals surface area contributed by atoms with Crippen LogP contribution < -0.4 is 10.1 Å². The fourth-order valence-electron chi connectivity index (χ4n) is 1.47. The fourth-order valence-corrected chi connectivity index (χ4v) is 1.47. The van der Waals surface area contributed by atoms with E-state index in [0.717, 1.165) is 0 Å². The number of aromatic nitrogens is 2. The summed E-state index contributed by atoms with van der Waals surface area (Å²) in [6.07, 6.45) is 1.59. The van der Waals surface area contributed by atoms with E-state index >= 15 is 0 Å². The molecule has 4 nitrogen and oxygen atoms in total. The molecule has 94 valence electrons. The molecule has 0 unspecified atom stereocenters. The summed E-state index contributed by atoms with van der Waals surface area (Å²) in [4.78, 5) is 8.20. The van der Waals surface area contributed by atoms with Gasteiger partial charge in [-0.05, 0) is 18.2 Å². The molecule has 0 spiro atoms. The monoisotopic (exact) mass is 251 g/mol. The molecule has 1 N–H and O–H groups in total. The van der Waals surface area contributed by atoms with Gasteiger partial charge in [-0.1, -0.05) is 12.1 Å². The van der Waals surface area contributed by atoms with Crippen molar-refractivity contribution >= 4 is 5.95 Å². The van der Waals surface area contributed by atoms with Crippen LogP contribution in [0.3, 0.4) is 0 Å². The van der Waals surface area contributed by atoms with Crippen LogP contribution in [0.4, 0.5) is 14.7 Å². The van der Waals surface area contributed by atoms with Crippen molar-refractivity contribution in [1.82, 2.24) is 9.97 Å². The zero-order valence-electron chi connectivity index (χ0n) is 9.60. The van der Waals surface area contributed by atoms with E-state index in [1.807, 2.05) is 0 Å². The summed E-state index contributed by atoms with van der Waals surface area (Å²) in [5, 5.41) is 2.81. The first-order valence-corrected chi connectivity index (χ1v) is 5.25. The molecule has 0 bridgehead atoms. The van der Waals surface area contributed by atoms with Crippen LogP contribution in [-0.2, 0) is 0 Å². The first kappa shape index (κ1) is 12.2. The molecular formula is C12H11F2N3O. The highest BCUT2D eigenvalue weighted by Crippen LogP contribution is 2.23. The fraction of sp³-hybridized carbons (Fsp3) is 0.167. The first-order chi connectivity index (χ1) is 8.69. The second-order valence-corrected chi connectivity index (χ2v) is 3.42. The molecule has 6 heteroatoms. The molecule has 1 aromatic carbocycles. The number of benzene rings is 1. The maximum atomic E-state index is 12.1. The second kappa shape index (κ2) is 5.39. The highest BCUT2D eigenvalue weighted by molar-refractivity contribution is 5.61. The van der Waals surface area contributed by atoms with Crippen LogP contribution in [0, 0.1) is 0 Å². The smallest absolute Gasteiger partial charge is 0.387 e. The molecule has 2 aromatic rings. The minimum atomic E-state index is -2.83. The molecule has 1 heterocycles. The van der Waals surface area contributed by atoms with Gasteiger partial charge in [-0.3, -0.25) is 0 Å². The zero-order valence-corrected chi connectivity index (χ0v) is 9.60. The molecule has 0 saturated heterocycles. The molecule has 0 saturated carbocycles. The number of hydrogen-bond acceptors (Lipinski definition) is 4. The summed E-state index contributed by atoms with van der Waals surface area (Å²) in [5.74, 6) is 0.569. The third-order valence-corrected chi connectivity index (χ3v) is 2.23. The van der Waals surface area contributed by atoms with E-state index in [1.165, 1.54) is 12.1 Å². The van der Waals surface area contributed by atoms with Crippen LogP contribution in [0.2, 0.25) is 0 Å². The van der Waals surface area contributed by atoms with Gasteiger partial charge in [0.15, 0.2) is 0 Å². The Hall–Kier alpha value is -2.24. The Bertz CT molecular complexity index is 534. The minimum Gasteiger partial charge on any atom is -0.435 e. The summed E-state index contributed by atoms with van der Waals surface area (Å²) >= 11 is 0. The van der Waals surface area contributed by atoms with Gasteiger partial charge in [0.1, 0.15) is 5.75 Å². The summed E-state index contributed by atoms with van der Waals surface area (Å²) in [6.45, 7) is -2.83. The van der Waals surface area contributed by atoms with E-state index in [0.29, 0.717) is 17.2 Å². The maximum Gasteiger partial charge on any atom is 0.387 e. The first-order valence-electron chi connectivity index (χ1n) is 5.25. The molecular weight excluding hydrogens is 240 g/mol. The zero-order chi connectivity index (χ0) is 13.0. The number of anilines is 1. The molecule has 1 aromatic heterocycles.